The maximum atomic E-state index is 5.83. The fourth-order valence-corrected chi connectivity index (χ4v) is 4.10. The summed E-state index contributed by atoms with van der Waals surface area (Å²) < 4.78 is 6.62. The van der Waals surface area contributed by atoms with Crippen LogP contribution in [0.25, 0.3) is 0 Å². The molecule has 0 bridgehead atoms. The number of hydrogen-bond acceptors (Lipinski definition) is 4. The molecular formula is C16H24BrN3O. The summed E-state index contributed by atoms with van der Waals surface area (Å²) in [6.07, 6.45) is 1.16. The normalized spacial score (nSPS) is 27.3. The van der Waals surface area contributed by atoms with Crippen molar-refractivity contribution in [1.82, 2.24) is 4.90 Å². The number of hydrogen-bond donors (Lipinski definition) is 1. The van der Waals surface area contributed by atoms with Crippen molar-refractivity contribution in [1.29, 1.82) is 0 Å². The zero-order valence-electron chi connectivity index (χ0n) is 12.6. The van der Waals surface area contributed by atoms with E-state index in [1.165, 1.54) is 15.7 Å². The Bertz CT molecular complexity index is 490. The minimum Gasteiger partial charge on any atom is -0.378 e. The molecule has 0 spiro atoms. The second-order valence-electron chi connectivity index (χ2n) is 6.10. The molecule has 116 valence electrons. The van der Waals surface area contributed by atoms with E-state index in [1.807, 2.05) is 0 Å². The van der Waals surface area contributed by atoms with Gasteiger partial charge in [-0.15, -0.1) is 0 Å². The van der Waals surface area contributed by atoms with Gasteiger partial charge >= 0.3 is 0 Å². The molecule has 2 aliphatic heterocycles. The quantitative estimate of drug-likeness (QED) is 0.904. The van der Waals surface area contributed by atoms with Crippen LogP contribution < -0.4 is 10.6 Å². The largest absolute Gasteiger partial charge is 0.378 e. The zero-order chi connectivity index (χ0) is 14.8. The average molecular weight is 354 g/mol. The van der Waals surface area contributed by atoms with E-state index in [9.17, 15) is 0 Å². The first kappa shape index (κ1) is 15.3. The van der Waals surface area contributed by atoms with Crippen molar-refractivity contribution in [3.05, 3.63) is 28.2 Å². The standard InChI is InChI=1S/C16H24BrN3O/c1-19-11-12(10-18)8-16(19)13-2-3-15(14(17)9-13)20-4-6-21-7-5-20/h2-3,9,12,16H,4-8,10-11,18H2,1H3. The van der Waals surface area contributed by atoms with Crippen LogP contribution in [0.1, 0.15) is 18.0 Å². The fourth-order valence-electron chi connectivity index (χ4n) is 3.46. The second-order valence-corrected chi connectivity index (χ2v) is 6.96. The monoisotopic (exact) mass is 353 g/mol. The molecule has 4 nitrogen and oxygen atoms in total. The molecule has 21 heavy (non-hydrogen) atoms. The third-order valence-electron chi connectivity index (χ3n) is 4.68. The van der Waals surface area contributed by atoms with Crippen LogP contribution in [0.5, 0.6) is 0 Å². The lowest BCUT2D eigenvalue weighted by Crippen LogP contribution is -2.36. The molecule has 2 fully saturated rings. The Morgan fingerprint density at radius 3 is 2.71 bits per heavy atom. The van der Waals surface area contributed by atoms with E-state index in [0.717, 1.165) is 45.8 Å². The predicted octanol–water partition coefficient (Wildman–Crippen LogP) is 2.24. The molecule has 3 rings (SSSR count). The summed E-state index contributed by atoms with van der Waals surface area (Å²) in [6, 6.07) is 7.29. The molecular weight excluding hydrogens is 330 g/mol. The van der Waals surface area contributed by atoms with Gasteiger partial charge in [0.2, 0.25) is 0 Å². The fraction of sp³-hybridized carbons (Fsp3) is 0.625. The number of anilines is 1. The van der Waals surface area contributed by atoms with Crippen molar-refractivity contribution < 1.29 is 4.74 Å². The van der Waals surface area contributed by atoms with Gasteiger partial charge in [0.15, 0.2) is 0 Å². The van der Waals surface area contributed by atoms with E-state index >= 15 is 0 Å². The van der Waals surface area contributed by atoms with E-state index in [0.29, 0.717) is 12.0 Å². The molecule has 2 unspecified atom stereocenters. The number of halogens is 1. The molecule has 0 aliphatic carbocycles. The van der Waals surface area contributed by atoms with Crippen LogP contribution in [-0.2, 0) is 4.74 Å². The van der Waals surface area contributed by atoms with Crippen molar-refractivity contribution in [3.8, 4) is 0 Å². The van der Waals surface area contributed by atoms with Crippen LogP contribution in [0.15, 0.2) is 22.7 Å². The first-order valence-corrected chi connectivity index (χ1v) is 8.50. The second kappa shape index (κ2) is 6.65. The lowest BCUT2D eigenvalue weighted by Gasteiger charge is -2.30. The first-order valence-electron chi connectivity index (χ1n) is 7.71. The van der Waals surface area contributed by atoms with Gasteiger partial charge in [0.25, 0.3) is 0 Å². The average Bonchev–Trinajstić information content (AvgIpc) is 2.89. The molecule has 1 aromatic rings. The summed E-state index contributed by atoms with van der Waals surface area (Å²) >= 11 is 3.76. The smallest absolute Gasteiger partial charge is 0.0642 e. The minimum absolute atomic E-state index is 0.494. The van der Waals surface area contributed by atoms with Crippen molar-refractivity contribution >= 4 is 21.6 Å². The summed E-state index contributed by atoms with van der Waals surface area (Å²) in [4.78, 5) is 4.81. The van der Waals surface area contributed by atoms with Crippen LogP contribution in [-0.4, -0.2) is 51.3 Å². The van der Waals surface area contributed by atoms with Gasteiger partial charge < -0.3 is 15.4 Å². The van der Waals surface area contributed by atoms with Gasteiger partial charge in [-0.1, -0.05) is 6.07 Å². The third-order valence-corrected chi connectivity index (χ3v) is 5.31. The molecule has 0 amide bonds. The van der Waals surface area contributed by atoms with E-state index in [2.05, 4.69) is 51.0 Å². The predicted molar refractivity (Wildman–Crippen MR) is 89.7 cm³/mol. The molecule has 1 aromatic carbocycles. The maximum absolute atomic E-state index is 5.83. The summed E-state index contributed by atoms with van der Waals surface area (Å²) in [6.45, 7) is 5.46. The Labute approximate surface area is 135 Å². The Balaban J connectivity index is 1.77. The number of nitrogens with two attached hydrogens (primary N) is 1. The number of benzene rings is 1. The molecule has 0 aromatic heterocycles. The highest BCUT2D eigenvalue weighted by Gasteiger charge is 2.30. The molecule has 2 saturated heterocycles. The lowest BCUT2D eigenvalue weighted by molar-refractivity contribution is 0.122. The van der Waals surface area contributed by atoms with E-state index in [4.69, 9.17) is 10.5 Å². The third kappa shape index (κ3) is 3.26. The minimum atomic E-state index is 0.494. The van der Waals surface area contributed by atoms with Gasteiger partial charge in [0.1, 0.15) is 0 Å². The van der Waals surface area contributed by atoms with Gasteiger partial charge in [-0.25, -0.2) is 0 Å². The lowest BCUT2D eigenvalue weighted by atomic mass is 9.99. The van der Waals surface area contributed by atoms with Gasteiger partial charge in [-0.3, -0.25) is 4.90 Å². The summed E-state index contributed by atoms with van der Waals surface area (Å²) in [7, 11) is 2.20. The van der Waals surface area contributed by atoms with Crippen LogP contribution in [0.3, 0.4) is 0 Å². The Morgan fingerprint density at radius 2 is 2.10 bits per heavy atom. The Hall–Kier alpha value is -0.620. The maximum Gasteiger partial charge on any atom is 0.0642 e. The SMILES string of the molecule is CN1CC(CN)CC1c1ccc(N2CCOCC2)c(Br)c1. The zero-order valence-corrected chi connectivity index (χ0v) is 14.2. The highest BCUT2D eigenvalue weighted by molar-refractivity contribution is 9.10. The molecule has 2 heterocycles. The summed E-state index contributed by atoms with van der Waals surface area (Å²) in [5.41, 5.74) is 8.50. The van der Waals surface area contributed by atoms with E-state index < -0.39 is 0 Å². The van der Waals surface area contributed by atoms with Gasteiger partial charge in [0, 0.05) is 30.1 Å². The molecule has 2 N–H and O–H groups in total. The first-order chi connectivity index (χ1) is 10.2. The van der Waals surface area contributed by atoms with Crippen LogP contribution in [0, 0.1) is 5.92 Å². The summed E-state index contributed by atoms with van der Waals surface area (Å²) in [5, 5.41) is 0. The highest BCUT2D eigenvalue weighted by atomic mass is 79.9. The Kier molecular flexibility index (Phi) is 4.84. The van der Waals surface area contributed by atoms with Gasteiger partial charge in [-0.05, 0) is 59.6 Å². The van der Waals surface area contributed by atoms with Crippen molar-refractivity contribution in [2.24, 2.45) is 11.7 Å². The number of nitrogens with zero attached hydrogens (tertiary/aromatic N) is 2. The van der Waals surface area contributed by atoms with E-state index in [-0.39, 0.29) is 0 Å². The number of morpholine rings is 1. The number of ether oxygens (including phenoxy) is 1. The van der Waals surface area contributed by atoms with Crippen LogP contribution in [0.4, 0.5) is 5.69 Å². The highest BCUT2D eigenvalue weighted by Crippen LogP contribution is 2.37. The van der Waals surface area contributed by atoms with Crippen molar-refractivity contribution in [3.63, 3.8) is 0 Å². The van der Waals surface area contributed by atoms with Gasteiger partial charge in [-0.2, -0.15) is 0 Å². The summed E-state index contributed by atoms with van der Waals surface area (Å²) in [5.74, 6) is 0.623. The Morgan fingerprint density at radius 1 is 1.33 bits per heavy atom. The molecule has 2 atom stereocenters. The number of rotatable bonds is 3. The van der Waals surface area contributed by atoms with Gasteiger partial charge in [0.05, 0.1) is 18.9 Å². The molecule has 0 radical (unpaired) electrons. The van der Waals surface area contributed by atoms with Crippen LogP contribution in [0.2, 0.25) is 0 Å². The molecule has 0 saturated carbocycles. The van der Waals surface area contributed by atoms with Crippen molar-refractivity contribution in [2.75, 3.05) is 51.3 Å². The van der Waals surface area contributed by atoms with Crippen LogP contribution >= 0.6 is 15.9 Å². The molecule has 2 aliphatic rings. The van der Waals surface area contributed by atoms with E-state index in [1.54, 1.807) is 0 Å². The van der Waals surface area contributed by atoms with Crippen molar-refractivity contribution in [2.45, 2.75) is 12.5 Å². The molecule has 5 heteroatoms. The topological polar surface area (TPSA) is 41.7 Å². The number of likely N-dealkylation sites (tertiary alicyclic amines) is 1.